The third-order valence-electron chi connectivity index (χ3n) is 6.96. The van der Waals surface area contributed by atoms with Gasteiger partial charge in [-0.2, -0.15) is 0 Å². The van der Waals surface area contributed by atoms with Crippen LogP contribution in [0.25, 0.3) is 10.9 Å². The number of aromatic nitrogens is 1. The number of nitrogens with zero attached hydrogens (tertiary/aromatic N) is 1. The zero-order valence-corrected chi connectivity index (χ0v) is 20.8. The maximum atomic E-state index is 13.3. The van der Waals surface area contributed by atoms with Crippen LogP contribution in [-0.4, -0.2) is 23.8 Å². The van der Waals surface area contributed by atoms with Gasteiger partial charge in [-0.3, -0.25) is 9.78 Å². The van der Waals surface area contributed by atoms with Gasteiger partial charge in [0.25, 0.3) is 0 Å². The van der Waals surface area contributed by atoms with E-state index < -0.39 is 5.97 Å². The van der Waals surface area contributed by atoms with Crippen molar-refractivity contribution in [3.8, 4) is 11.5 Å². The average molecular weight is 511 g/mol. The summed E-state index contributed by atoms with van der Waals surface area (Å²) in [5.41, 5.74) is 5.70. The highest BCUT2D eigenvalue weighted by Crippen LogP contribution is 2.49. The first-order chi connectivity index (χ1) is 18.0. The molecule has 0 fully saturated rings. The van der Waals surface area contributed by atoms with E-state index in [-0.39, 0.29) is 23.0 Å². The second-order valence-corrected chi connectivity index (χ2v) is 9.51. The second kappa shape index (κ2) is 9.37. The Hall–Kier alpha value is -4.16. The minimum absolute atomic E-state index is 0.137. The number of anilines is 1. The number of rotatable bonds is 4. The summed E-state index contributed by atoms with van der Waals surface area (Å²) in [4.78, 5) is 30.6. The van der Waals surface area contributed by atoms with Crippen molar-refractivity contribution in [3.05, 3.63) is 106 Å². The average Bonchev–Trinajstić information content (AvgIpc) is 2.92. The van der Waals surface area contributed by atoms with Crippen LogP contribution in [0.5, 0.6) is 11.5 Å². The van der Waals surface area contributed by atoms with Crippen LogP contribution in [-0.2, 0) is 4.79 Å². The SMILES string of the molecule is COc1cc(C2C3=C(CCCC3=O)Nc3ccc4ncccc4c32)ccc1OC(=O)c1ccccc1Cl. The van der Waals surface area contributed by atoms with Gasteiger partial charge in [-0.15, -0.1) is 0 Å². The Morgan fingerprint density at radius 3 is 2.73 bits per heavy atom. The molecule has 0 amide bonds. The number of nitrogens with one attached hydrogen (secondary N) is 1. The Morgan fingerprint density at radius 1 is 1.03 bits per heavy atom. The number of hydrogen-bond donors (Lipinski definition) is 1. The van der Waals surface area contributed by atoms with E-state index in [2.05, 4.69) is 10.3 Å². The number of fused-ring (bicyclic) bond motifs is 3. The van der Waals surface area contributed by atoms with Crippen molar-refractivity contribution >= 4 is 39.9 Å². The molecule has 0 saturated carbocycles. The number of ether oxygens (including phenoxy) is 2. The third kappa shape index (κ3) is 4.03. The van der Waals surface area contributed by atoms with Gasteiger partial charge in [-0.25, -0.2) is 4.79 Å². The molecule has 1 aliphatic carbocycles. The Kier molecular flexibility index (Phi) is 5.89. The molecule has 1 aliphatic heterocycles. The van der Waals surface area contributed by atoms with Crippen molar-refractivity contribution in [1.82, 2.24) is 4.98 Å². The topological polar surface area (TPSA) is 77.5 Å². The molecule has 3 aromatic carbocycles. The van der Waals surface area contributed by atoms with E-state index in [4.69, 9.17) is 21.1 Å². The molecule has 6 rings (SSSR count). The lowest BCUT2D eigenvalue weighted by atomic mass is 9.74. The number of Topliss-reactive ketones (excluding diaryl/α,β-unsaturated/α-hetero) is 1. The molecule has 1 unspecified atom stereocenters. The zero-order chi connectivity index (χ0) is 25.5. The minimum atomic E-state index is -0.576. The summed E-state index contributed by atoms with van der Waals surface area (Å²) >= 11 is 6.18. The summed E-state index contributed by atoms with van der Waals surface area (Å²) in [7, 11) is 1.53. The zero-order valence-electron chi connectivity index (χ0n) is 20.1. The molecule has 1 atom stereocenters. The van der Waals surface area contributed by atoms with Gasteiger partial charge in [-0.05, 0) is 66.4 Å². The lowest BCUT2D eigenvalue weighted by Gasteiger charge is -2.35. The third-order valence-corrected chi connectivity index (χ3v) is 7.29. The van der Waals surface area contributed by atoms with Gasteiger partial charge in [0.1, 0.15) is 0 Å². The number of halogens is 1. The Balaban J connectivity index is 1.47. The van der Waals surface area contributed by atoms with Crippen molar-refractivity contribution in [2.45, 2.75) is 25.2 Å². The van der Waals surface area contributed by atoms with Gasteiger partial charge in [-0.1, -0.05) is 35.9 Å². The fraction of sp³-hybridized carbons (Fsp3) is 0.167. The number of carbonyl (C=O) groups excluding carboxylic acids is 2. The largest absolute Gasteiger partial charge is 0.493 e. The normalized spacial score (nSPS) is 16.6. The molecule has 0 bridgehead atoms. The minimum Gasteiger partial charge on any atom is -0.493 e. The Labute approximate surface area is 218 Å². The van der Waals surface area contributed by atoms with E-state index in [0.29, 0.717) is 17.2 Å². The molecule has 0 saturated heterocycles. The number of methoxy groups -OCH3 is 1. The quantitative estimate of drug-likeness (QED) is 0.244. The highest BCUT2D eigenvalue weighted by atomic mass is 35.5. The van der Waals surface area contributed by atoms with E-state index in [1.54, 1.807) is 36.5 Å². The van der Waals surface area contributed by atoms with Gasteiger partial charge >= 0.3 is 5.97 Å². The van der Waals surface area contributed by atoms with E-state index in [9.17, 15) is 9.59 Å². The summed E-state index contributed by atoms with van der Waals surface area (Å²) in [6, 6.07) is 20.1. The molecular formula is C30H23ClN2O4. The molecule has 184 valence electrons. The number of hydrogen-bond acceptors (Lipinski definition) is 6. The maximum Gasteiger partial charge on any atom is 0.345 e. The van der Waals surface area contributed by atoms with E-state index >= 15 is 0 Å². The van der Waals surface area contributed by atoms with Crippen LogP contribution in [0.15, 0.2) is 84.2 Å². The van der Waals surface area contributed by atoms with Crippen LogP contribution in [0.4, 0.5) is 5.69 Å². The monoisotopic (exact) mass is 510 g/mol. The van der Waals surface area contributed by atoms with Crippen LogP contribution >= 0.6 is 11.6 Å². The van der Waals surface area contributed by atoms with Gasteiger partial charge < -0.3 is 14.8 Å². The van der Waals surface area contributed by atoms with E-state index in [1.165, 1.54) is 7.11 Å². The van der Waals surface area contributed by atoms with E-state index in [0.717, 1.165) is 51.8 Å². The predicted molar refractivity (Wildman–Crippen MR) is 142 cm³/mol. The molecule has 1 aromatic heterocycles. The summed E-state index contributed by atoms with van der Waals surface area (Å²) in [6.07, 6.45) is 3.91. The number of pyridine rings is 1. The number of ketones is 1. The lowest BCUT2D eigenvalue weighted by Crippen LogP contribution is -2.27. The van der Waals surface area contributed by atoms with Crippen molar-refractivity contribution < 1.29 is 19.1 Å². The van der Waals surface area contributed by atoms with Crippen LogP contribution in [0, 0.1) is 0 Å². The van der Waals surface area contributed by atoms with Crippen molar-refractivity contribution in [2.75, 3.05) is 12.4 Å². The van der Waals surface area contributed by atoms with Crippen LogP contribution in [0.3, 0.4) is 0 Å². The van der Waals surface area contributed by atoms with Crippen molar-refractivity contribution in [1.29, 1.82) is 0 Å². The molecule has 2 aliphatic rings. The highest BCUT2D eigenvalue weighted by molar-refractivity contribution is 6.33. The fourth-order valence-electron chi connectivity index (χ4n) is 5.29. The number of carbonyl (C=O) groups is 2. The molecule has 1 N–H and O–H groups in total. The van der Waals surface area contributed by atoms with E-state index in [1.807, 2.05) is 36.4 Å². The molecule has 2 heterocycles. The molecule has 37 heavy (non-hydrogen) atoms. The van der Waals surface area contributed by atoms with Gasteiger partial charge in [0.05, 0.1) is 23.2 Å². The molecular weight excluding hydrogens is 488 g/mol. The second-order valence-electron chi connectivity index (χ2n) is 9.10. The predicted octanol–water partition coefficient (Wildman–Crippen LogP) is 6.68. The fourth-order valence-corrected chi connectivity index (χ4v) is 5.51. The van der Waals surface area contributed by atoms with Gasteiger partial charge in [0.2, 0.25) is 0 Å². The number of esters is 1. The summed E-state index contributed by atoms with van der Waals surface area (Å²) < 4.78 is 11.3. The Morgan fingerprint density at radius 2 is 1.89 bits per heavy atom. The first kappa shape index (κ1) is 23.3. The number of allylic oxidation sites excluding steroid dienone is 2. The highest BCUT2D eigenvalue weighted by Gasteiger charge is 2.36. The van der Waals surface area contributed by atoms with Gasteiger partial charge in [0, 0.05) is 40.9 Å². The molecule has 0 spiro atoms. The van der Waals surface area contributed by atoms with Crippen molar-refractivity contribution in [3.63, 3.8) is 0 Å². The molecule has 7 heteroatoms. The smallest absolute Gasteiger partial charge is 0.345 e. The molecule has 4 aromatic rings. The first-order valence-corrected chi connectivity index (χ1v) is 12.5. The lowest BCUT2D eigenvalue weighted by molar-refractivity contribution is -0.116. The molecule has 6 nitrogen and oxygen atoms in total. The van der Waals surface area contributed by atoms with Crippen LogP contribution in [0.2, 0.25) is 5.02 Å². The van der Waals surface area contributed by atoms with Crippen LogP contribution in [0.1, 0.15) is 46.7 Å². The Bertz CT molecular complexity index is 1610. The molecule has 0 radical (unpaired) electrons. The van der Waals surface area contributed by atoms with Crippen LogP contribution < -0.4 is 14.8 Å². The van der Waals surface area contributed by atoms with Crippen molar-refractivity contribution in [2.24, 2.45) is 0 Å². The first-order valence-electron chi connectivity index (χ1n) is 12.1. The maximum absolute atomic E-state index is 13.3. The summed E-state index contributed by atoms with van der Waals surface area (Å²) in [5, 5.41) is 4.82. The summed E-state index contributed by atoms with van der Waals surface area (Å²) in [6.45, 7) is 0. The summed E-state index contributed by atoms with van der Waals surface area (Å²) in [5.74, 6) is -0.0862. The number of benzene rings is 3. The van der Waals surface area contributed by atoms with Gasteiger partial charge in [0.15, 0.2) is 17.3 Å². The standard InChI is InChI=1S/C30H23ClN2O4/c1-36-26-16-17(11-14-25(26)37-30(35)18-6-2-3-8-20(18)31)27-28-19-7-5-15-32-21(19)12-13-23(28)33-22-9-4-10-24(34)29(22)27/h2-3,5-8,11-16,27,33H,4,9-10H2,1H3.